The van der Waals surface area contributed by atoms with E-state index in [0.29, 0.717) is 0 Å². The van der Waals surface area contributed by atoms with Gasteiger partial charge in [0.15, 0.2) is 6.29 Å². The molecule has 16 heavy (non-hydrogen) atoms. The lowest BCUT2D eigenvalue weighted by Crippen LogP contribution is -2.19. The molecule has 1 aromatic heterocycles. The zero-order valence-electron chi connectivity index (χ0n) is 9.34. The molecule has 1 unspecified atom stereocenters. The van der Waals surface area contributed by atoms with Crippen molar-refractivity contribution >= 4 is 0 Å². The second-order valence-electron chi connectivity index (χ2n) is 3.87. The summed E-state index contributed by atoms with van der Waals surface area (Å²) < 4.78 is 10.9. The molecule has 0 amide bonds. The van der Waals surface area contributed by atoms with Gasteiger partial charge >= 0.3 is 0 Å². The van der Waals surface area contributed by atoms with Crippen LogP contribution in [0.5, 0.6) is 0 Å². The summed E-state index contributed by atoms with van der Waals surface area (Å²) in [5.74, 6) is 0. The number of hydrogen-bond acceptors (Lipinski definition) is 3. The molecule has 1 aromatic rings. The normalized spacial score (nSPS) is 21.1. The molecule has 1 aliphatic rings. The fraction of sp³-hybridized carbons (Fsp3) is 0.462. The summed E-state index contributed by atoms with van der Waals surface area (Å²) >= 11 is 0. The van der Waals surface area contributed by atoms with Crippen LogP contribution >= 0.6 is 0 Å². The van der Waals surface area contributed by atoms with Crippen molar-refractivity contribution in [2.45, 2.75) is 32.0 Å². The molecule has 0 aliphatic carbocycles. The van der Waals surface area contributed by atoms with Crippen molar-refractivity contribution in [1.82, 2.24) is 4.98 Å². The van der Waals surface area contributed by atoms with Crippen molar-refractivity contribution in [3.8, 4) is 0 Å². The predicted molar refractivity (Wildman–Crippen MR) is 61.8 cm³/mol. The number of pyridine rings is 1. The highest BCUT2D eigenvalue weighted by molar-refractivity contribution is 5.11. The molecule has 86 valence electrons. The Morgan fingerprint density at radius 1 is 1.50 bits per heavy atom. The summed E-state index contributed by atoms with van der Waals surface area (Å²) in [4.78, 5) is 4.05. The van der Waals surface area contributed by atoms with E-state index in [1.807, 2.05) is 18.3 Å². The zero-order valence-corrected chi connectivity index (χ0v) is 9.34. The second-order valence-corrected chi connectivity index (χ2v) is 3.87. The standard InChI is InChI=1S/C13H17NO2/c1-2-9-15-13(7-1)16-10-4-6-12-5-3-8-14-11-12/h3-5,8,10-11,13H,1-2,6-7,9H2/b10-4+. The Morgan fingerprint density at radius 3 is 3.25 bits per heavy atom. The lowest BCUT2D eigenvalue weighted by Gasteiger charge is -2.21. The third kappa shape index (κ3) is 3.66. The van der Waals surface area contributed by atoms with Gasteiger partial charge in [-0.3, -0.25) is 4.98 Å². The van der Waals surface area contributed by atoms with Crippen molar-refractivity contribution in [2.24, 2.45) is 0 Å². The number of ether oxygens (including phenoxy) is 2. The Hall–Kier alpha value is -1.35. The topological polar surface area (TPSA) is 31.4 Å². The van der Waals surface area contributed by atoms with Crippen molar-refractivity contribution in [2.75, 3.05) is 6.61 Å². The van der Waals surface area contributed by atoms with Crippen molar-refractivity contribution in [3.63, 3.8) is 0 Å². The molecule has 0 saturated carbocycles. The van der Waals surface area contributed by atoms with Crippen LogP contribution in [0.25, 0.3) is 0 Å². The van der Waals surface area contributed by atoms with Gasteiger partial charge in [0.25, 0.3) is 0 Å². The summed E-state index contributed by atoms with van der Waals surface area (Å²) in [6.45, 7) is 0.821. The van der Waals surface area contributed by atoms with Gasteiger partial charge < -0.3 is 9.47 Å². The molecular weight excluding hydrogens is 202 g/mol. The Balaban J connectivity index is 1.69. The quantitative estimate of drug-likeness (QED) is 0.729. The van der Waals surface area contributed by atoms with E-state index in [4.69, 9.17) is 9.47 Å². The maximum Gasteiger partial charge on any atom is 0.198 e. The van der Waals surface area contributed by atoms with Gasteiger partial charge in [-0.25, -0.2) is 0 Å². The van der Waals surface area contributed by atoms with Gasteiger partial charge in [0.2, 0.25) is 0 Å². The number of rotatable bonds is 4. The van der Waals surface area contributed by atoms with Crippen LogP contribution in [0.2, 0.25) is 0 Å². The highest BCUT2D eigenvalue weighted by Gasteiger charge is 2.12. The molecule has 1 fully saturated rings. The Morgan fingerprint density at radius 2 is 2.50 bits per heavy atom. The molecular formula is C13H17NO2. The van der Waals surface area contributed by atoms with E-state index in [1.165, 1.54) is 12.0 Å². The van der Waals surface area contributed by atoms with Gasteiger partial charge in [-0.15, -0.1) is 0 Å². The minimum absolute atomic E-state index is 0.0427. The van der Waals surface area contributed by atoms with Crippen LogP contribution < -0.4 is 0 Å². The molecule has 2 heterocycles. The monoisotopic (exact) mass is 219 g/mol. The van der Waals surface area contributed by atoms with E-state index in [9.17, 15) is 0 Å². The first-order chi connectivity index (χ1) is 7.95. The summed E-state index contributed by atoms with van der Waals surface area (Å²) in [6, 6.07) is 3.99. The average molecular weight is 219 g/mol. The van der Waals surface area contributed by atoms with E-state index in [2.05, 4.69) is 11.1 Å². The molecule has 1 atom stereocenters. The molecule has 1 saturated heterocycles. The number of allylic oxidation sites excluding steroid dienone is 1. The minimum Gasteiger partial charge on any atom is -0.473 e. The zero-order chi connectivity index (χ0) is 11.1. The van der Waals surface area contributed by atoms with E-state index >= 15 is 0 Å². The molecule has 0 N–H and O–H groups in total. The van der Waals surface area contributed by atoms with Crippen molar-refractivity contribution in [3.05, 3.63) is 42.4 Å². The van der Waals surface area contributed by atoms with E-state index < -0.39 is 0 Å². The average Bonchev–Trinajstić information content (AvgIpc) is 2.37. The summed E-state index contributed by atoms with van der Waals surface area (Å²) in [7, 11) is 0. The molecule has 2 rings (SSSR count). The SMILES string of the molecule is C(=C\OC1CCCCO1)/Cc1cccnc1. The van der Waals surface area contributed by atoms with E-state index in [1.54, 1.807) is 12.5 Å². The first-order valence-corrected chi connectivity index (χ1v) is 5.76. The Bertz CT molecular complexity index is 318. The number of aromatic nitrogens is 1. The minimum atomic E-state index is -0.0427. The van der Waals surface area contributed by atoms with Gasteiger partial charge in [0.1, 0.15) is 0 Å². The maximum atomic E-state index is 5.48. The van der Waals surface area contributed by atoms with Gasteiger partial charge in [-0.05, 0) is 37.0 Å². The fourth-order valence-electron chi connectivity index (χ4n) is 1.66. The van der Waals surface area contributed by atoms with Crippen LogP contribution in [0.3, 0.4) is 0 Å². The Labute approximate surface area is 96.1 Å². The van der Waals surface area contributed by atoms with Crippen LogP contribution in [0.1, 0.15) is 24.8 Å². The number of nitrogens with zero attached hydrogens (tertiary/aromatic N) is 1. The van der Waals surface area contributed by atoms with Crippen LogP contribution in [0, 0.1) is 0 Å². The molecule has 0 radical (unpaired) electrons. The maximum absolute atomic E-state index is 5.48. The smallest absolute Gasteiger partial charge is 0.198 e. The molecule has 3 heteroatoms. The molecule has 1 aliphatic heterocycles. The molecule has 3 nitrogen and oxygen atoms in total. The summed E-state index contributed by atoms with van der Waals surface area (Å²) in [5.41, 5.74) is 1.19. The van der Waals surface area contributed by atoms with E-state index in [0.717, 1.165) is 25.9 Å². The van der Waals surface area contributed by atoms with Crippen LogP contribution in [0.4, 0.5) is 0 Å². The van der Waals surface area contributed by atoms with Crippen LogP contribution in [-0.4, -0.2) is 17.9 Å². The van der Waals surface area contributed by atoms with Gasteiger partial charge in [-0.1, -0.05) is 6.07 Å². The fourth-order valence-corrected chi connectivity index (χ4v) is 1.66. The summed E-state index contributed by atoms with van der Waals surface area (Å²) in [6.07, 6.45) is 11.5. The number of hydrogen-bond donors (Lipinski definition) is 0. The first-order valence-electron chi connectivity index (χ1n) is 5.76. The highest BCUT2D eigenvalue weighted by atomic mass is 16.7. The van der Waals surface area contributed by atoms with Crippen molar-refractivity contribution < 1.29 is 9.47 Å². The first kappa shape index (κ1) is 11.1. The van der Waals surface area contributed by atoms with Crippen LogP contribution in [0.15, 0.2) is 36.9 Å². The predicted octanol–water partition coefficient (Wildman–Crippen LogP) is 2.68. The van der Waals surface area contributed by atoms with Crippen LogP contribution in [-0.2, 0) is 15.9 Å². The second kappa shape index (κ2) is 6.28. The third-order valence-electron chi connectivity index (χ3n) is 2.54. The van der Waals surface area contributed by atoms with E-state index in [-0.39, 0.29) is 6.29 Å². The highest BCUT2D eigenvalue weighted by Crippen LogP contribution is 2.13. The molecule has 0 bridgehead atoms. The largest absolute Gasteiger partial charge is 0.473 e. The van der Waals surface area contributed by atoms with Gasteiger partial charge in [0.05, 0.1) is 12.9 Å². The third-order valence-corrected chi connectivity index (χ3v) is 2.54. The molecule has 0 aromatic carbocycles. The van der Waals surface area contributed by atoms with Gasteiger partial charge in [0, 0.05) is 18.8 Å². The van der Waals surface area contributed by atoms with Gasteiger partial charge in [-0.2, -0.15) is 0 Å². The summed E-state index contributed by atoms with van der Waals surface area (Å²) in [5, 5.41) is 0. The molecule has 0 spiro atoms. The Kier molecular flexibility index (Phi) is 4.37. The lowest BCUT2D eigenvalue weighted by molar-refractivity contribution is -0.129. The van der Waals surface area contributed by atoms with Crippen molar-refractivity contribution in [1.29, 1.82) is 0 Å². The lowest BCUT2D eigenvalue weighted by atomic mass is 10.2.